The van der Waals surface area contributed by atoms with E-state index in [1.54, 1.807) is 18.0 Å². The van der Waals surface area contributed by atoms with Crippen molar-refractivity contribution in [3.63, 3.8) is 0 Å². The first-order valence-corrected chi connectivity index (χ1v) is 6.02. The molecule has 0 bridgehead atoms. The molecule has 2 aromatic rings. The van der Waals surface area contributed by atoms with E-state index in [-0.39, 0.29) is 0 Å². The van der Waals surface area contributed by atoms with Crippen molar-refractivity contribution in [2.45, 2.75) is 19.4 Å². The highest BCUT2D eigenvalue weighted by molar-refractivity contribution is 5.48. The molecule has 0 unspecified atom stereocenters. The summed E-state index contributed by atoms with van der Waals surface area (Å²) >= 11 is 0. The SMILES string of the molecule is COCC[C@H](C)Nc1ccc(-n2ccnn2)cc1. The van der Waals surface area contributed by atoms with Gasteiger partial charge in [0.15, 0.2) is 0 Å². The van der Waals surface area contributed by atoms with Crippen LogP contribution >= 0.6 is 0 Å². The molecule has 1 atom stereocenters. The Morgan fingerprint density at radius 1 is 1.33 bits per heavy atom. The van der Waals surface area contributed by atoms with E-state index < -0.39 is 0 Å². The molecule has 5 heteroatoms. The Morgan fingerprint density at radius 3 is 2.72 bits per heavy atom. The van der Waals surface area contributed by atoms with E-state index >= 15 is 0 Å². The topological polar surface area (TPSA) is 52.0 Å². The monoisotopic (exact) mass is 246 g/mol. The van der Waals surface area contributed by atoms with Gasteiger partial charge in [-0.1, -0.05) is 5.21 Å². The van der Waals surface area contributed by atoms with Gasteiger partial charge in [-0.15, -0.1) is 5.10 Å². The van der Waals surface area contributed by atoms with Gasteiger partial charge in [0.25, 0.3) is 0 Å². The fourth-order valence-corrected chi connectivity index (χ4v) is 1.71. The van der Waals surface area contributed by atoms with E-state index in [2.05, 4.69) is 22.6 Å². The van der Waals surface area contributed by atoms with E-state index in [1.807, 2.05) is 30.5 Å². The maximum atomic E-state index is 5.06. The van der Waals surface area contributed by atoms with Crippen LogP contribution in [0.4, 0.5) is 5.69 Å². The summed E-state index contributed by atoms with van der Waals surface area (Å²) in [6.07, 6.45) is 4.48. The molecule has 2 rings (SSSR count). The molecule has 0 amide bonds. The van der Waals surface area contributed by atoms with Crippen LogP contribution in [-0.4, -0.2) is 34.8 Å². The molecular weight excluding hydrogens is 228 g/mol. The first kappa shape index (κ1) is 12.6. The minimum atomic E-state index is 0.391. The highest BCUT2D eigenvalue weighted by atomic mass is 16.5. The summed E-state index contributed by atoms with van der Waals surface area (Å²) in [6.45, 7) is 2.91. The summed E-state index contributed by atoms with van der Waals surface area (Å²) in [6, 6.07) is 8.50. The second-order valence-corrected chi connectivity index (χ2v) is 4.22. The van der Waals surface area contributed by atoms with Crippen molar-refractivity contribution in [1.29, 1.82) is 0 Å². The molecule has 0 aliphatic heterocycles. The number of nitrogens with zero attached hydrogens (tertiary/aromatic N) is 3. The molecule has 5 nitrogen and oxygen atoms in total. The molecule has 0 saturated heterocycles. The van der Waals surface area contributed by atoms with Crippen molar-refractivity contribution in [2.24, 2.45) is 0 Å². The molecule has 1 aromatic carbocycles. The number of methoxy groups -OCH3 is 1. The number of benzene rings is 1. The largest absolute Gasteiger partial charge is 0.385 e. The maximum absolute atomic E-state index is 5.06. The van der Waals surface area contributed by atoms with Gasteiger partial charge in [-0.3, -0.25) is 0 Å². The Balaban J connectivity index is 1.95. The second-order valence-electron chi connectivity index (χ2n) is 4.22. The van der Waals surface area contributed by atoms with Crippen molar-refractivity contribution in [1.82, 2.24) is 15.0 Å². The van der Waals surface area contributed by atoms with E-state index in [0.29, 0.717) is 6.04 Å². The third-order valence-electron chi connectivity index (χ3n) is 2.72. The van der Waals surface area contributed by atoms with Crippen molar-refractivity contribution in [2.75, 3.05) is 19.0 Å². The second kappa shape index (κ2) is 6.16. The molecule has 1 N–H and O–H groups in total. The van der Waals surface area contributed by atoms with Crippen LogP contribution in [0.15, 0.2) is 36.7 Å². The molecule has 0 fully saturated rings. The molecule has 0 spiro atoms. The molecule has 1 aromatic heterocycles. The smallest absolute Gasteiger partial charge is 0.0697 e. The summed E-state index contributed by atoms with van der Waals surface area (Å²) in [7, 11) is 1.72. The average molecular weight is 246 g/mol. The fraction of sp³-hybridized carbons (Fsp3) is 0.385. The Kier molecular flexibility index (Phi) is 4.30. The summed E-state index contributed by atoms with van der Waals surface area (Å²) in [5.74, 6) is 0. The Hall–Kier alpha value is -1.88. The van der Waals surface area contributed by atoms with Gasteiger partial charge in [0.2, 0.25) is 0 Å². The zero-order chi connectivity index (χ0) is 12.8. The Labute approximate surface area is 107 Å². The summed E-state index contributed by atoms with van der Waals surface area (Å²) in [4.78, 5) is 0. The number of hydrogen-bond acceptors (Lipinski definition) is 4. The summed E-state index contributed by atoms with van der Waals surface area (Å²) in [5, 5.41) is 11.2. The minimum absolute atomic E-state index is 0.391. The molecule has 0 aliphatic carbocycles. The van der Waals surface area contributed by atoms with Crippen LogP contribution in [0.1, 0.15) is 13.3 Å². The van der Waals surface area contributed by atoms with Crippen LogP contribution in [0.25, 0.3) is 5.69 Å². The lowest BCUT2D eigenvalue weighted by atomic mass is 10.2. The average Bonchev–Trinajstić information content (AvgIpc) is 2.91. The van der Waals surface area contributed by atoms with E-state index in [4.69, 9.17) is 4.74 Å². The predicted molar refractivity (Wildman–Crippen MR) is 70.9 cm³/mol. The van der Waals surface area contributed by atoms with Crippen molar-refractivity contribution in [3.05, 3.63) is 36.7 Å². The Bertz CT molecular complexity index is 452. The van der Waals surface area contributed by atoms with Gasteiger partial charge in [0.05, 0.1) is 18.1 Å². The van der Waals surface area contributed by atoms with Gasteiger partial charge in [-0.05, 0) is 37.6 Å². The quantitative estimate of drug-likeness (QED) is 0.848. The third-order valence-corrected chi connectivity index (χ3v) is 2.72. The van der Waals surface area contributed by atoms with Crippen LogP contribution in [-0.2, 0) is 4.74 Å². The number of hydrogen-bond donors (Lipinski definition) is 1. The predicted octanol–water partition coefficient (Wildman–Crippen LogP) is 2.10. The van der Waals surface area contributed by atoms with Crippen molar-refractivity contribution < 1.29 is 4.74 Å². The van der Waals surface area contributed by atoms with Gasteiger partial charge in [-0.2, -0.15) is 0 Å². The minimum Gasteiger partial charge on any atom is -0.385 e. The maximum Gasteiger partial charge on any atom is 0.0697 e. The first-order valence-electron chi connectivity index (χ1n) is 6.02. The molecule has 96 valence electrons. The van der Waals surface area contributed by atoms with Gasteiger partial charge >= 0.3 is 0 Å². The Morgan fingerprint density at radius 2 is 2.11 bits per heavy atom. The van der Waals surface area contributed by atoms with Gasteiger partial charge in [-0.25, -0.2) is 4.68 Å². The first-order chi connectivity index (χ1) is 8.79. The molecule has 1 heterocycles. The van der Waals surface area contributed by atoms with Crippen LogP contribution < -0.4 is 5.32 Å². The molecule has 0 saturated carbocycles. The normalized spacial score (nSPS) is 12.3. The van der Waals surface area contributed by atoms with Gasteiger partial charge < -0.3 is 10.1 Å². The van der Waals surface area contributed by atoms with Crippen LogP contribution in [0, 0.1) is 0 Å². The van der Waals surface area contributed by atoms with Crippen molar-refractivity contribution in [3.8, 4) is 5.69 Å². The molecule has 0 aliphatic rings. The van der Waals surface area contributed by atoms with Crippen LogP contribution in [0.5, 0.6) is 0 Å². The lowest BCUT2D eigenvalue weighted by Crippen LogP contribution is -2.17. The zero-order valence-electron chi connectivity index (χ0n) is 10.7. The standard InChI is InChI=1S/C13H18N4O/c1-11(7-10-18-2)15-12-3-5-13(6-4-12)17-9-8-14-16-17/h3-6,8-9,11,15H,7,10H2,1-2H3/t11-/m0/s1. The number of aromatic nitrogens is 3. The lowest BCUT2D eigenvalue weighted by molar-refractivity contribution is 0.191. The molecule has 0 radical (unpaired) electrons. The van der Waals surface area contributed by atoms with Crippen LogP contribution in [0.2, 0.25) is 0 Å². The van der Waals surface area contributed by atoms with Gasteiger partial charge in [0.1, 0.15) is 0 Å². The number of anilines is 1. The van der Waals surface area contributed by atoms with E-state index in [9.17, 15) is 0 Å². The van der Waals surface area contributed by atoms with Gasteiger partial charge in [0, 0.05) is 25.4 Å². The summed E-state index contributed by atoms with van der Waals surface area (Å²) in [5.41, 5.74) is 2.10. The molecular formula is C13H18N4O. The van der Waals surface area contributed by atoms with Crippen molar-refractivity contribution >= 4 is 5.69 Å². The van der Waals surface area contributed by atoms with Crippen LogP contribution in [0.3, 0.4) is 0 Å². The highest BCUT2D eigenvalue weighted by Gasteiger charge is 2.02. The zero-order valence-corrected chi connectivity index (χ0v) is 10.7. The fourth-order valence-electron chi connectivity index (χ4n) is 1.71. The lowest BCUT2D eigenvalue weighted by Gasteiger charge is -2.14. The number of ether oxygens (including phenoxy) is 1. The number of rotatable bonds is 6. The highest BCUT2D eigenvalue weighted by Crippen LogP contribution is 2.13. The third kappa shape index (κ3) is 3.30. The van der Waals surface area contributed by atoms with E-state index in [0.717, 1.165) is 24.4 Å². The molecule has 18 heavy (non-hydrogen) atoms. The number of nitrogens with one attached hydrogen (secondary N) is 1. The summed E-state index contributed by atoms with van der Waals surface area (Å²) < 4.78 is 6.79. The van der Waals surface area contributed by atoms with E-state index in [1.165, 1.54) is 0 Å².